The molecule has 28 heavy (non-hydrogen) atoms. The summed E-state index contributed by atoms with van der Waals surface area (Å²) in [6.45, 7) is 4.26. The van der Waals surface area contributed by atoms with Gasteiger partial charge in [0.25, 0.3) is 5.91 Å². The zero-order chi connectivity index (χ0) is 20.5. The van der Waals surface area contributed by atoms with E-state index in [0.29, 0.717) is 17.3 Å². The normalized spacial score (nSPS) is 11.6. The summed E-state index contributed by atoms with van der Waals surface area (Å²) in [5.74, 6) is 0.363. The van der Waals surface area contributed by atoms with Gasteiger partial charge in [0.05, 0.1) is 27.9 Å². The van der Waals surface area contributed by atoms with Crippen molar-refractivity contribution in [2.45, 2.75) is 31.8 Å². The number of furan rings is 1. The number of halogens is 1. The average Bonchev–Trinajstić information content (AvgIpc) is 3.20. The van der Waals surface area contributed by atoms with Crippen LogP contribution in [0.1, 0.15) is 33.3 Å². The number of sulfonamides is 1. The van der Waals surface area contributed by atoms with E-state index in [9.17, 15) is 13.2 Å². The summed E-state index contributed by atoms with van der Waals surface area (Å²) >= 11 is 6.14. The standard InChI is InChI=1S/C18H19ClN4O4S/c1-11-17(19)12(2)23(22-11)10-14-5-8-16(27-14)18(24)21-9-13-3-6-15(7-4-13)28(20,25)26/h3-8H,9-10H2,1-2H3,(H,21,24)(H2,20,25,26). The lowest BCUT2D eigenvalue weighted by molar-refractivity contribution is 0.0921. The molecule has 0 unspecified atom stereocenters. The molecule has 2 heterocycles. The molecule has 1 aromatic carbocycles. The van der Waals surface area contributed by atoms with E-state index in [1.807, 2.05) is 13.8 Å². The molecule has 2 aromatic heterocycles. The molecule has 0 aliphatic carbocycles. The summed E-state index contributed by atoms with van der Waals surface area (Å²) in [5.41, 5.74) is 2.28. The maximum absolute atomic E-state index is 12.3. The predicted molar refractivity (Wildman–Crippen MR) is 104 cm³/mol. The molecule has 0 fully saturated rings. The van der Waals surface area contributed by atoms with Crippen LogP contribution in [0, 0.1) is 13.8 Å². The molecule has 3 aromatic rings. The van der Waals surface area contributed by atoms with Crippen molar-refractivity contribution in [3.8, 4) is 0 Å². The monoisotopic (exact) mass is 422 g/mol. The number of nitrogens with two attached hydrogens (primary N) is 1. The third-order valence-electron chi connectivity index (χ3n) is 4.19. The highest BCUT2D eigenvalue weighted by Crippen LogP contribution is 2.20. The number of amides is 1. The van der Waals surface area contributed by atoms with Crippen LogP contribution in [0.15, 0.2) is 45.7 Å². The molecule has 0 bridgehead atoms. The molecule has 0 saturated heterocycles. The number of rotatable bonds is 6. The summed E-state index contributed by atoms with van der Waals surface area (Å²) in [6.07, 6.45) is 0. The fraction of sp³-hybridized carbons (Fsp3) is 0.222. The Balaban J connectivity index is 1.62. The number of carbonyl (C=O) groups is 1. The maximum atomic E-state index is 12.3. The van der Waals surface area contributed by atoms with Crippen molar-refractivity contribution in [3.63, 3.8) is 0 Å². The van der Waals surface area contributed by atoms with Crippen molar-refractivity contribution in [2.24, 2.45) is 5.14 Å². The van der Waals surface area contributed by atoms with Gasteiger partial charge in [0.2, 0.25) is 10.0 Å². The molecule has 0 atom stereocenters. The third kappa shape index (κ3) is 4.44. The number of nitrogens with zero attached hydrogens (tertiary/aromatic N) is 2. The Morgan fingerprint density at radius 2 is 1.89 bits per heavy atom. The molecule has 1 amide bonds. The van der Waals surface area contributed by atoms with Crippen molar-refractivity contribution >= 4 is 27.5 Å². The second kappa shape index (κ2) is 7.78. The topological polar surface area (TPSA) is 120 Å². The Morgan fingerprint density at radius 1 is 1.21 bits per heavy atom. The van der Waals surface area contributed by atoms with Crippen molar-refractivity contribution < 1.29 is 17.6 Å². The first-order valence-corrected chi connectivity index (χ1v) is 10.3. The van der Waals surface area contributed by atoms with Gasteiger partial charge in [-0.2, -0.15) is 5.10 Å². The Morgan fingerprint density at radius 3 is 2.46 bits per heavy atom. The Bertz CT molecular complexity index is 1120. The Labute approximate surface area is 167 Å². The largest absolute Gasteiger partial charge is 0.454 e. The minimum absolute atomic E-state index is 0.0162. The van der Waals surface area contributed by atoms with Crippen molar-refractivity contribution in [3.05, 3.63) is 69.9 Å². The van der Waals surface area contributed by atoms with Crippen molar-refractivity contribution in [1.29, 1.82) is 0 Å². The summed E-state index contributed by atoms with van der Waals surface area (Å²) in [5, 5.41) is 12.7. The number of aromatic nitrogens is 2. The Hall–Kier alpha value is -2.62. The summed E-state index contributed by atoms with van der Waals surface area (Å²) in [6, 6.07) is 9.24. The molecule has 0 saturated carbocycles. The number of carbonyl (C=O) groups excluding carboxylic acids is 1. The number of hydrogen-bond acceptors (Lipinski definition) is 5. The zero-order valence-electron chi connectivity index (χ0n) is 15.3. The van der Waals surface area contributed by atoms with E-state index in [2.05, 4.69) is 10.4 Å². The molecule has 0 radical (unpaired) electrons. The van der Waals surface area contributed by atoms with Crippen molar-refractivity contribution in [2.75, 3.05) is 0 Å². The van der Waals surface area contributed by atoms with Crippen LogP contribution in [0.25, 0.3) is 0 Å². The fourth-order valence-corrected chi connectivity index (χ4v) is 3.28. The number of benzene rings is 1. The quantitative estimate of drug-likeness (QED) is 0.631. The molecule has 8 nitrogen and oxygen atoms in total. The smallest absolute Gasteiger partial charge is 0.287 e. The van der Waals surface area contributed by atoms with Crippen LogP contribution >= 0.6 is 11.6 Å². The van der Waals surface area contributed by atoms with Crippen LogP contribution in [0.2, 0.25) is 5.02 Å². The van der Waals surface area contributed by atoms with E-state index in [1.165, 1.54) is 12.1 Å². The molecule has 0 aliphatic heterocycles. The first kappa shape index (κ1) is 20.1. The minimum Gasteiger partial charge on any atom is -0.454 e. The van der Waals surface area contributed by atoms with Crippen molar-refractivity contribution in [1.82, 2.24) is 15.1 Å². The molecule has 0 spiro atoms. The zero-order valence-corrected chi connectivity index (χ0v) is 16.8. The highest BCUT2D eigenvalue weighted by Gasteiger charge is 2.14. The number of hydrogen-bond donors (Lipinski definition) is 2. The molecular weight excluding hydrogens is 404 g/mol. The van der Waals surface area contributed by atoms with Gasteiger partial charge in [0.15, 0.2) is 5.76 Å². The van der Waals surface area contributed by atoms with Gasteiger partial charge in [-0.3, -0.25) is 9.48 Å². The molecule has 10 heteroatoms. The van der Waals surface area contributed by atoms with Crippen LogP contribution in [0.4, 0.5) is 0 Å². The first-order valence-electron chi connectivity index (χ1n) is 8.33. The Kier molecular flexibility index (Phi) is 5.59. The van der Waals surface area contributed by atoms with Gasteiger partial charge >= 0.3 is 0 Å². The van der Waals surface area contributed by atoms with E-state index in [0.717, 1.165) is 17.0 Å². The predicted octanol–water partition coefficient (Wildman–Crippen LogP) is 2.37. The third-order valence-corrected chi connectivity index (χ3v) is 5.67. The van der Waals surface area contributed by atoms with E-state index in [-0.39, 0.29) is 23.1 Å². The van der Waals surface area contributed by atoms with E-state index >= 15 is 0 Å². The van der Waals surface area contributed by atoms with Gasteiger partial charge < -0.3 is 9.73 Å². The minimum atomic E-state index is -3.74. The summed E-state index contributed by atoms with van der Waals surface area (Å²) < 4.78 is 29.8. The van der Waals surface area contributed by atoms with Crippen LogP contribution in [0.3, 0.4) is 0 Å². The summed E-state index contributed by atoms with van der Waals surface area (Å²) in [4.78, 5) is 12.3. The van der Waals surface area contributed by atoms with E-state index in [1.54, 1.807) is 28.9 Å². The lowest BCUT2D eigenvalue weighted by Crippen LogP contribution is -2.22. The second-order valence-electron chi connectivity index (χ2n) is 6.28. The van der Waals surface area contributed by atoms with Gasteiger partial charge in [-0.25, -0.2) is 13.6 Å². The van der Waals surface area contributed by atoms with Gasteiger partial charge in [0, 0.05) is 6.54 Å². The number of primary sulfonamides is 1. The van der Waals surface area contributed by atoms with Gasteiger partial charge in [-0.05, 0) is 43.7 Å². The lowest BCUT2D eigenvalue weighted by Gasteiger charge is -2.05. The van der Waals surface area contributed by atoms with Crippen LogP contribution in [0.5, 0.6) is 0 Å². The highest BCUT2D eigenvalue weighted by molar-refractivity contribution is 7.89. The van der Waals surface area contributed by atoms with Gasteiger partial charge in [-0.1, -0.05) is 23.7 Å². The van der Waals surface area contributed by atoms with Gasteiger partial charge in [-0.15, -0.1) is 0 Å². The first-order chi connectivity index (χ1) is 13.1. The highest BCUT2D eigenvalue weighted by atomic mass is 35.5. The number of aryl methyl sites for hydroxylation is 1. The van der Waals surface area contributed by atoms with E-state index < -0.39 is 10.0 Å². The number of nitrogens with one attached hydrogen (secondary N) is 1. The second-order valence-corrected chi connectivity index (χ2v) is 8.22. The lowest BCUT2D eigenvalue weighted by atomic mass is 10.2. The average molecular weight is 423 g/mol. The maximum Gasteiger partial charge on any atom is 0.287 e. The fourth-order valence-electron chi connectivity index (χ4n) is 2.63. The SMILES string of the molecule is Cc1nn(Cc2ccc(C(=O)NCc3ccc(S(N)(=O)=O)cc3)o2)c(C)c1Cl. The van der Waals surface area contributed by atoms with Crippen LogP contribution in [-0.2, 0) is 23.1 Å². The van der Waals surface area contributed by atoms with E-state index in [4.69, 9.17) is 21.2 Å². The van der Waals surface area contributed by atoms with Gasteiger partial charge in [0.1, 0.15) is 5.76 Å². The molecule has 3 rings (SSSR count). The molecule has 148 valence electrons. The molecular formula is C18H19ClN4O4S. The molecule has 3 N–H and O–H groups in total. The molecule has 0 aliphatic rings. The van der Waals surface area contributed by atoms with Crippen LogP contribution < -0.4 is 10.5 Å². The van der Waals surface area contributed by atoms with Crippen LogP contribution in [-0.4, -0.2) is 24.1 Å². The summed E-state index contributed by atoms with van der Waals surface area (Å²) in [7, 11) is -3.74.